The Morgan fingerprint density at radius 2 is 1.50 bits per heavy atom. The molecule has 5 nitrogen and oxygen atoms in total. The van der Waals surface area contributed by atoms with Gasteiger partial charge in [-0.1, -0.05) is 35.4 Å². The van der Waals surface area contributed by atoms with Gasteiger partial charge in [-0.25, -0.2) is 8.42 Å². The zero-order chi connectivity index (χ0) is 22.1. The molecule has 0 fully saturated rings. The van der Waals surface area contributed by atoms with E-state index in [0.29, 0.717) is 11.4 Å². The Labute approximate surface area is 182 Å². The van der Waals surface area contributed by atoms with Gasteiger partial charge in [0, 0.05) is 11.3 Å². The topological polar surface area (TPSA) is 75.3 Å². The predicted molar refractivity (Wildman–Crippen MR) is 122 cm³/mol. The fourth-order valence-electron chi connectivity index (χ4n) is 3.23. The Bertz CT molecular complexity index is 1220. The monoisotopic (exact) mass is 442 g/mol. The van der Waals surface area contributed by atoms with Crippen LogP contribution in [0.2, 0.25) is 5.02 Å². The van der Waals surface area contributed by atoms with E-state index in [1.54, 1.807) is 6.07 Å². The molecule has 0 saturated heterocycles. The number of amides is 1. The number of benzene rings is 3. The van der Waals surface area contributed by atoms with E-state index in [0.717, 1.165) is 22.3 Å². The zero-order valence-corrected chi connectivity index (χ0v) is 18.8. The minimum atomic E-state index is -3.98. The third kappa shape index (κ3) is 5.01. The number of carbonyl (C=O) groups excluding carboxylic acids is 1. The molecule has 7 heteroatoms. The highest BCUT2D eigenvalue weighted by molar-refractivity contribution is 7.92. The van der Waals surface area contributed by atoms with Crippen molar-refractivity contribution in [3.63, 3.8) is 0 Å². The largest absolute Gasteiger partial charge is 0.322 e. The molecule has 0 aliphatic carbocycles. The standard InChI is InChI=1S/C23H23ClN2O3S/c1-14-5-8-21(17(4)10-14)26-30(28,29)22-13-18(6-7-20(22)24)23(27)25-19-11-15(2)9-16(3)12-19/h5-13,26H,1-4H3,(H,25,27). The number of hydrogen-bond acceptors (Lipinski definition) is 3. The maximum absolute atomic E-state index is 13.0. The van der Waals surface area contributed by atoms with Gasteiger partial charge in [0.2, 0.25) is 0 Å². The summed E-state index contributed by atoms with van der Waals surface area (Å²) in [5, 5.41) is 2.84. The number of halogens is 1. The van der Waals surface area contributed by atoms with Crippen LogP contribution in [-0.4, -0.2) is 14.3 Å². The summed E-state index contributed by atoms with van der Waals surface area (Å²) in [7, 11) is -3.98. The van der Waals surface area contributed by atoms with Crippen LogP contribution in [-0.2, 0) is 10.0 Å². The van der Waals surface area contributed by atoms with Gasteiger partial charge in [0.05, 0.1) is 10.7 Å². The molecule has 30 heavy (non-hydrogen) atoms. The first-order valence-corrected chi connectivity index (χ1v) is 11.2. The molecule has 0 bridgehead atoms. The number of hydrogen-bond donors (Lipinski definition) is 2. The number of anilines is 2. The van der Waals surface area contributed by atoms with Crippen molar-refractivity contribution >= 4 is 38.9 Å². The van der Waals surface area contributed by atoms with Crippen LogP contribution in [0.3, 0.4) is 0 Å². The lowest BCUT2D eigenvalue weighted by Crippen LogP contribution is -2.17. The highest BCUT2D eigenvalue weighted by atomic mass is 35.5. The van der Waals surface area contributed by atoms with Gasteiger partial charge in [0.25, 0.3) is 15.9 Å². The number of nitrogens with one attached hydrogen (secondary N) is 2. The lowest BCUT2D eigenvalue weighted by molar-refractivity contribution is 0.102. The van der Waals surface area contributed by atoms with Gasteiger partial charge in [-0.3, -0.25) is 9.52 Å². The van der Waals surface area contributed by atoms with Crippen LogP contribution >= 0.6 is 11.6 Å². The van der Waals surface area contributed by atoms with Crippen LogP contribution in [0, 0.1) is 27.7 Å². The van der Waals surface area contributed by atoms with Gasteiger partial charge in [-0.2, -0.15) is 0 Å². The van der Waals surface area contributed by atoms with Gasteiger partial charge < -0.3 is 5.32 Å². The summed E-state index contributed by atoms with van der Waals surface area (Å²) in [4.78, 5) is 12.6. The van der Waals surface area contributed by atoms with Crippen LogP contribution in [0.1, 0.15) is 32.6 Å². The number of aryl methyl sites for hydroxylation is 4. The second-order valence-corrected chi connectivity index (χ2v) is 9.46. The maximum Gasteiger partial charge on any atom is 0.263 e. The van der Waals surface area contributed by atoms with E-state index < -0.39 is 15.9 Å². The van der Waals surface area contributed by atoms with Crippen LogP contribution < -0.4 is 10.0 Å². The Morgan fingerprint density at radius 1 is 0.833 bits per heavy atom. The Hall–Kier alpha value is -2.83. The molecular weight excluding hydrogens is 420 g/mol. The predicted octanol–water partition coefficient (Wildman–Crippen LogP) is 5.63. The van der Waals surface area contributed by atoms with Crippen molar-refractivity contribution in [2.24, 2.45) is 0 Å². The van der Waals surface area contributed by atoms with E-state index >= 15 is 0 Å². The molecule has 0 heterocycles. The summed E-state index contributed by atoms with van der Waals surface area (Å²) >= 11 is 6.17. The van der Waals surface area contributed by atoms with Crippen LogP contribution in [0.5, 0.6) is 0 Å². The second-order valence-electron chi connectivity index (χ2n) is 7.40. The van der Waals surface area contributed by atoms with E-state index in [9.17, 15) is 13.2 Å². The molecule has 0 saturated carbocycles. The Balaban J connectivity index is 1.91. The van der Waals surface area contributed by atoms with Crippen molar-refractivity contribution < 1.29 is 13.2 Å². The zero-order valence-electron chi connectivity index (χ0n) is 17.2. The molecule has 0 unspecified atom stereocenters. The molecule has 3 aromatic rings. The van der Waals surface area contributed by atoms with E-state index in [2.05, 4.69) is 10.0 Å². The van der Waals surface area contributed by atoms with Crippen LogP contribution in [0.15, 0.2) is 59.5 Å². The average Bonchev–Trinajstić information content (AvgIpc) is 2.63. The van der Waals surface area contributed by atoms with Crippen molar-refractivity contribution in [1.82, 2.24) is 0 Å². The van der Waals surface area contributed by atoms with Gasteiger partial charge in [0.1, 0.15) is 4.90 Å². The SMILES string of the molecule is Cc1cc(C)cc(NC(=O)c2ccc(Cl)c(S(=O)(=O)Nc3ccc(C)cc3C)c2)c1. The third-order valence-corrected chi connectivity index (χ3v) is 6.44. The third-order valence-electron chi connectivity index (χ3n) is 4.59. The summed E-state index contributed by atoms with van der Waals surface area (Å²) in [5.74, 6) is -0.417. The van der Waals surface area contributed by atoms with Gasteiger partial charge in [0.15, 0.2) is 0 Å². The molecule has 2 N–H and O–H groups in total. The van der Waals surface area contributed by atoms with Crippen molar-refractivity contribution in [3.05, 3.63) is 87.4 Å². The van der Waals surface area contributed by atoms with E-state index in [-0.39, 0.29) is 15.5 Å². The lowest BCUT2D eigenvalue weighted by Gasteiger charge is -2.13. The second kappa shape index (κ2) is 8.50. The first-order valence-electron chi connectivity index (χ1n) is 9.34. The molecule has 0 radical (unpaired) electrons. The molecule has 156 valence electrons. The molecule has 0 aliphatic rings. The first kappa shape index (κ1) is 21.9. The van der Waals surface area contributed by atoms with Crippen LogP contribution in [0.4, 0.5) is 11.4 Å². The molecular formula is C23H23ClN2O3S. The molecule has 3 rings (SSSR count). The number of carbonyl (C=O) groups is 1. The van der Waals surface area contributed by atoms with Crippen molar-refractivity contribution in [1.29, 1.82) is 0 Å². The summed E-state index contributed by atoms with van der Waals surface area (Å²) in [5.41, 5.74) is 5.15. The van der Waals surface area contributed by atoms with E-state index in [1.807, 2.05) is 58.0 Å². The van der Waals surface area contributed by atoms with E-state index in [1.165, 1.54) is 18.2 Å². The minimum absolute atomic E-state index is 0.0372. The molecule has 1 amide bonds. The maximum atomic E-state index is 13.0. The van der Waals surface area contributed by atoms with Gasteiger partial charge in [-0.05, 0) is 80.8 Å². The molecule has 0 spiro atoms. The van der Waals surface area contributed by atoms with Crippen molar-refractivity contribution in [3.8, 4) is 0 Å². The van der Waals surface area contributed by atoms with Gasteiger partial charge >= 0.3 is 0 Å². The molecule has 0 atom stereocenters. The van der Waals surface area contributed by atoms with E-state index in [4.69, 9.17) is 11.6 Å². The summed E-state index contributed by atoms with van der Waals surface area (Å²) in [6.45, 7) is 7.63. The Morgan fingerprint density at radius 3 is 2.13 bits per heavy atom. The average molecular weight is 443 g/mol. The summed E-state index contributed by atoms with van der Waals surface area (Å²) in [6.07, 6.45) is 0. The molecule has 3 aromatic carbocycles. The molecule has 0 aromatic heterocycles. The fourth-order valence-corrected chi connectivity index (χ4v) is 4.89. The minimum Gasteiger partial charge on any atom is -0.322 e. The number of rotatable bonds is 5. The molecule has 0 aliphatic heterocycles. The fraction of sp³-hybridized carbons (Fsp3) is 0.174. The first-order chi connectivity index (χ1) is 14.0. The quantitative estimate of drug-likeness (QED) is 0.537. The Kier molecular flexibility index (Phi) is 6.19. The van der Waals surface area contributed by atoms with Crippen molar-refractivity contribution in [2.45, 2.75) is 32.6 Å². The normalized spacial score (nSPS) is 11.2. The van der Waals surface area contributed by atoms with Crippen LogP contribution in [0.25, 0.3) is 0 Å². The summed E-state index contributed by atoms with van der Waals surface area (Å²) < 4.78 is 28.5. The highest BCUT2D eigenvalue weighted by Gasteiger charge is 2.21. The smallest absolute Gasteiger partial charge is 0.263 e. The lowest BCUT2D eigenvalue weighted by atomic mass is 10.1. The summed E-state index contributed by atoms with van der Waals surface area (Å²) in [6, 6.07) is 15.3. The highest BCUT2D eigenvalue weighted by Crippen LogP contribution is 2.27. The number of sulfonamides is 1. The van der Waals surface area contributed by atoms with Crippen molar-refractivity contribution in [2.75, 3.05) is 10.0 Å². The van der Waals surface area contributed by atoms with Gasteiger partial charge in [-0.15, -0.1) is 0 Å².